The minimum atomic E-state index is -6.51. The van der Waals surface area contributed by atoms with Crippen molar-refractivity contribution in [2.75, 3.05) is 13.2 Å². The predicted molar refractivity (Wildman–Crippen MR) is 156 cm³/mol. The number of halogens is 8. The highest BCUT2D eigenvalue weighted by Crippen LogP contribution is 2.48. The molecule has 0 spiro atoms. The Morgan fingerprint density at radius 3 is 1.72 bits per heavy atom. The summed E-state index contributed by atoms with van der Waals surface area (Å²) in [6.07, 6.45) is 0.651. The summed E-state index contributed by atoms with van der Waals surface area (Å²) in [5.74, 6) is -14.5. The van der Waals surface area contributed by atoms with Gasteiger partial charge in [0.2, 0.25) is 0 Å². The number of alkyl halides is 8. The standard InChI is InChI=1S/C34H30F8O5/c1-2-3-4-5-6-21-45-27-17-11-24(12-18-27)8-7-23-9-13-26(14-10-23)30(44)47-28-19-15-25(16-20-28)29(43)46-22-32(37,38)34(41,42)33(39,40)31(35)36/h9-20,31H,2-6,21-22H2,1H3. The van der Waals surface area contributed by atoms with Gasteiger partial charge >= 0.3 is 36.1 Å². The Labute approximate surface area is 265 Å². The van der Waals surface area contributed by atoms with Crippen LogP contribution in [0.2, 0.25) is 0 Å². The van der Waals surface area contributed by atoms with Crippen molar-refractivity contribution in [3.05, 3.63) is 95.1 Å². The lowest BCUT2D eigenvalue weighted by Gasteiger charge is -2.31. The number of ether oxygens (including phenoxy) is 3. The highest BCUT2D eigenvalue weighted by Gasteiger charge is 2.75. The van der Waals surface area contributed by atoms with E-state index < -0.39 is 48.3 Å². The summed E-state index contributed by atoms with van der Waals surface area (Å²) in [7, 11) is 0. The van der Waals surface area contributed by atoms with Crippen LogP contribution in [0.25, 0.3) is 0 Å². The van der Waals surface area contributed by atoms with E-state index in [0.29, 0.717) is 12.2 Å². The minimum Gasteiger partial charge on any atom is -0.494 e. The number of carbonyl (C=O) groups excluding carboxylic acids is 2. The molecule has 0 saturated heterocycles. The average Bonchev–Trinajstić information content (AvgIpc) is 3.05. The van der Waals surface area contributed by atoms with Crippen LogP contribution in [-0.4, -0.2) is 49.3 Å². The second kappa shape index (κ2) is 16.3. The molecule has 0 unspecified atom stereocenters. The molecular weight excluding hydrogens is 640 g/mol. The summed E-state index contributed by atoms with van der Waals surface area (Å²) in [4.78, 5) is 24.5. The van der Waals surface area contributed by atoms with Gasteiger partial charge in [0.25, 0.3) is 0 Å². The fourth-order valence-electron chi connectivity index (χ4n) is 3.90. The van der Waals surface area contributed by atoms with Gasteiger partial charge in [0.1, 0.15) is 11.5 Å². The third-order valence-corrected chi connectivity index (χ3v) is 6.68. The molecule has 0 heterocycles. The summed E-state index contributed by atoms with van der Waals surface area (Å²) in [5, 5.41) is 0. The number of hydrogen-bond donors (Lipinski definition) is 0. The second-order valence-electron chi connectivity index (χ2n) is 10.3. The Morgan fingerprint density at radius 2 is 1.17 bits per heavy atom. The van der Waals surface area contributed by atoms with Gasteiger partial charge in [-0.2, -0.15) is 26.3 Å². The van der Waals surface area contributed by atoms with Crippen LogP contribution in [0, 0.1) is 11.8 Å². The van der Waals surface area contributed by atoms with Crippen molar-refractivity contribution in [3.63, 3.8) is 0 Å². The third-order valence-electron chi connectivity index (χ3n) is 6.68. The van der Waals surface area contributed by atoms with Crippen molar-refractivity contribution in [2.24, 2.45) is 0 Å². The van der Waals surface area contributed by atoms with Crippen molar-refractivity contribution in [2.45, 2.75) is 63.2 Å². The predicted octanol–water partition coefficient (Wildman–Crippen LogP) is 8.98. The molecule has 0 N–H and O–H groups in total. The fourth-order valence-corrected chi connectivity index (χ4v) is 3.90. The SMILES string of the molecule is CCCCCCCOc1ccc(C#Cc2ccc(C(=O)Oc3ccc(C(=O)OCC(F)(F)C(F)(F)C(F)(F)C(F)F)cc3)cc2)cc1. The van der Waals surface area contributed by atoms with E-state index in [0.717, 1.165) is 48.4 Å². The molecule has 13 heteroatoms. The van der Waals surface area contributed by atoms with E-state index >= 15 is 0 Å². The summed E-state index contributed by atoms with van der Waals surface area (Å²) in [6.45, 7) is 0.221. The number of benzene rings is 3. The molecule has 252 valence electrons. The highest BCUT2D eigenvalue weighted by atomic mass is 19.4. The zero-order valence-corrected chi connectivity index (χ0v) is 25.0. The second-order valence-corrected chi connectivity index (χ2v) is 10.3. The molecular formula is C34H30F8O5. The number of hydrogen-bond acceptors (Lipinski definition) is 5. The molecule has 0 amide bonds. The highest BCUT2D eigenvalue weighted by molar-refractivity contribution is 5.92. The van der Waals surface area contributed by atoms with Crippen LogP contribution in [0.1, 0.15) is 70.9 Å². The van der Waals surface area contributed by atoms with Crippen LogP contribution >= 0.6 is 0 Å². The van der Waals surface area contributed by atoms with Crippen LogP contribution in [0.3, 0.4) is 0 Å². The van der Waals surface area contributed by atoms with E-state index in [1.165, 1.54) is 31.4 Å². The summed E-state index contributed by atoms with van der Waals surface area (Å²) in [5.41, 5.74) is 1.00. The largest absolute Gasteiger partial charge is 0.494 e. The first-order chi connectivity index (χ1) is 22.2. The molecule has 47 heavy (non-hydrogen) atoms. The van der Waals surface area contributed by atoms with Crippen LogP contribution < -0.4 is 9.47 Å². The van der Waals surface area contributed by atoms with Gasteiger partial charge in [-0.15, -0.1) is 0 Å². The first-order valence-corrected chi connectivity index (χ1v) is 14.4. The Kier molecular flexibility index (Phi) is 12.8. The van der Waals surface area contributed by atoms with Crippen molar-refractivity contribution in [1.29, 1.82) is 0 Å². The smallest absolute Gasteiger partial charge is 0.381 e. The van der Waals surface area contributed by atoms with Crippen molar-refractivity contribution in [1.82, 2.24) is 0 Å². The van der Waals surface area contributed by atoms with Crippen LogP contribution in [0.5, 0.6) is 11.5 Å². The number of esters is 2. The number of carbonyl (C=O) groups is 2. The molecule has 0 aromatic heterocycles. The summed E-state index contributed by atoms with van der Waals surface area (Å²) < 4.78 is 119. The molecule has 0 aliphatic carbocycles. The van der Waals surface area contributed by atoms with E-state index in [2.05, 4.69) is 23.5 Å². The van der Waals surface area contributed by atoms with Gasteiger partial charge in [-0.25, -0.2) is 18.4 Å². The van der Waals surface area contributed by atoms with Crippen molar-refractivity contribution in [3.8, 4) is 23.3 Å². The Hall–Kier alpha value is -4.60. The molecule has 0 fully saturated rings. The Morgan fingerprint density at radius 1 is 0.681 bits per heavy atom. The molecule has 0 atom stereocenters. The lowest BCUT2D eigenvalue weighted by atomic mass is 10.1. The van der Waals surface area contributed by atoms with Gasteiger partial charge in [-0.05, 0) is 79.2 Å². The molecule has 0 aliphatic heterocycles. The van der Waals surface area contributed by atoms with Gasteiger partial charge in [0.15, 0.2) is 6.61 Å². The van der Waals surface area contributed by atoms with E-state index in [1.54, 1.807) is 12.1 Å². The zero-order chi connectivity index (χ0) is 34.7. The number of rotatable bonds is 15. The lowest BCUT2D eigenvalue weighted by molar-refractivity contribution is -0.343. The van der Waals surface area contributed by atoms with Crippen molar-refractivity contribution >= 4 is 11.9 Å². The molecule has 3 rings (SSSR count). The topological polar surface area (TPSA) is 61.8 Å². The molecule has 0 radical (unpaired) electrons. The van der Waals surface area contributed by atoms with Gasteiger partial charge < -0.3 is 14.2 Å². The molecule has 3 aromatic rings. The Bertz CT molecular complexity index is 1530. The summed E-state index contributed by atoms with van der Waals surface area (Å²) in [6, 6.07) is 17.4. The zero-order valence-electron chi connectivity index (χ0n) is 25.0. The maximum Gasteiger partial charge on any atom is 0.381 e. The summed E-state index contributed by atoms with van der Waals surface area (Å²) >= 11 is 0. The number of unbranched alkanes of at least 4 members (excludes halogenated alkanes) is 4. The van der Waals surface area contributed by atoms with E-state index in [1.807, 2.05) is 24.3 Å². The maximum atomic E-state index is 13.6. The normalized spacial score (nSPS) is 11.9. The van der Waals surface area contributed by atoms with E-state index in [9.17, 15) is 44.7 Å². The maximum absolute atomic E-state index is 13.6. The minimum absolute atomic E-state index is 0.104. The first kappa shape index (κ1) is 36.9. The van der Waals surface area contributed by atoms with E-state index in [4.69, 9.17) is 9.47 Å². The van der Waals surface area contributed by atoms with Gasteiger partial charge in [-0.3, -0.25) is 0 Å². The molecule has 3 aromatic carbocycles. The molecule has 0 aliphatic rings. The van der Waals surface area contributed by atoms with Crippen LogP contribution in [0.4, 0.5) is 35.1 Å². The van der Waals surface area contributed by atoms with Gasteiger partial charge in [-0.1, -0.05) is 44.4 Å². The lowest BCUT2D eigenvalue weighted by Crippen LogP contribution is -2.59. The van der Waals surface area contributed by atoms with Gasteiger partial charge in [0, 0.05) is 11.1 Å². The van der Waals surface area contributed by atoms with Crippen LogP contribution in [0.15, 0.2) is 72.8 Å². The molecule has 5 nitrogen and oxygen atoms in total. The fraction of sp³-hybridized carbons (Fsp3) is 0.353. The van der Waals surface area contributed by atoms with E-state index in [-0.39, 0.29) is 11.3 Å². The van der Waals surface area contributed by atoms with Crippen LogP contribution in [-0.2, 0) is 4.74 Å². The van der Waals surface area contributed by atoms with Gasteiger partial charge in [0.05, 0.1) is 17.7 Å². The first-order valence-electron chi connectivity index (χ1n) is 14.4. The molecule has 0 bridgehead atoms. The average molecular weight is 671 g/mol. The Balaban J connectivity index is 1.50. The third kappa shape index (κ3) is 9.94. The quantitative estimate of drug-likeness (QED) is 0.0531. The monoisotopic (exact) mass is 670 g/mol. The van der Waals surface area contributed by atoms with Crippen molar-refractivity contribution < 1.29 is 58.9 Å². The molecule has 0 saturated carbocycles.